The Kier molecular flexibility index (Phi) is 3.16. The number of aromatic amines is 1. The Morgan fingerprint density at radius 2 is 1.90 bits per heavy atom. The lowest BCUT2D eigenvalue weighted by molar-refractivity contribution is 0.522. The number of hydrogen-bond donors (Lipinski definition) is 2. The average molecular weight is 267 g/mol. The average Bonchev–Trinajstić information content (AvgIpc) is 3.06. The number of H-pyrrole nitrogens is 1. The summed E-state index contributed by atoms with van der Waals surface area (Å²) < 4.78 is 5.60. The van der Waals surface area contributed by atoms with Crippen LogP contribution in [0.15, 0.2) is 40.9 Å². The van der Waals surface area contributed by atoms with Crippen LogP contribution in [0, 0.1) is 13.8 Å². The van der Waals surface area contributed by atoms with E-state index in [4.69, 9.17) is 10.2 Å². The largest absolute Gasteiger partial charge is 0.456 e. The number of imidazole rings is 1. The smallest absolute Gasteiger partial charge is 0.173 e. The molecule has 3 rings (SSSR count). The van der Waals surface area contributed by atoms with Crippen LogP contribution in [0.1, 0.15) is 16.9 Å². The second-order valence-corrected chi connectivity index (χ2v) is 4.99. The molecule has 2 aromatic heterocycles. The monoisotopic (exact) mass is 267 g/mol. The Bertz CT molecular complexity index is 720. The van der Waals surface area contributed by atoms with Crippen LogP contribution in [-0.4, -0.2) is 9.97 Å². The van der Waals surface area contributed by atoms with Gasteiger partial charge in [-0.1, -0.05) is 17.2 Å². The predicted octanol–water partition coefficient (Wildman–Crippen LogP) is 3.41. The molecule has 2 heterocycles. The highest BCUT2D eigenvalue weighted by Gasteiger charge is 2.09. The van der Waals surface area contributed by atoms with Crippen molar-refractivity contribution in [3.8, 4) is 22.8 Å². The van der Waals surface area contributed by atoms with E-state index < -0.39 is 0 Å². The van der Waals surface area contributed by atoms with Gasteiger partial charge in [-0.25, -0.2) is 4.98 Å². The molecule has 20 heavy (non-hydrogen) atoms. The molecule has 0 aliphatic carbocycles. The molecule has 0 amide bonds. The first-order valence-electron chi connectivity index (χ1n) is 6.58. The van der Waals surface area contributed by atoms with E-state index in [-0.39, 0.29) is 0 Å². The van der Waals surface area contributed by atoms with Crippen LogP contribution in [0.4, 0.5) is 0 Å². The summed E-state index contributed by atoms with van der Waals surface area (Å²) in [7, 11) is 0. The minimum Gasteiger partial charge on any atom is -0.456 e. The molecule has 3 N–H and O–H groups in total. The molecule has 0 radical (unpaired) electrons. The van der Waals surface area contributed by atoms with Crippen molar-refractivity contribution in [2.24, 2.45) is 5.73 Å². The SMILES string of the molecule is Cc1cc(C)cc(-c2cnc(-c3ccc(CN)o3)[nH]2)c1. The van der Waals surface area contributed by atoms with Crippen LogP contribution in [-0.2, 0) is 6.54 Å². The van der Waals surface area contributed by atoms with Gasteiger partial charge < -0.3 is 15.1 Å². The topological polar surface area (TPSA) is 67.8 Å². The molecular weight excluding hydrogens is 250 g/mol. The van der Waals surface area contributed by atoms with Crippen LogP contribution < -0.4 is 5.73 Å². The van der Waals surface area contributed by atoms with Crippen LogP contribution in [0.25, 0.3) is 22.8 Å². The van der Waals surface area contributed by atoms with Crippen molar-refractivity contribution in [3.63, 3.8) is 0 Å². The Morgan fingerprint density at radius 1 is 1.15 bits per heavy atom. The molecule has 0 fully saturated rings. The molecule has 0 atom stereocenters. The van der Waals surface area contributed by atoms with Crippen molar-refractivity contribution in [3.05, 3.63) is 53.4 Å². The van der Waals surface area contributed by atoms with E-state index in [0.29, 0.717) is 12.3 Å². The first kappa shape index (κ1) is 12.7. The van der Waals surface area contributed by atoms with Gasteiger partial charge in [0.2, 0.25) is 0 Å². The van der Waals surface area contributed by atoms with Gasteiger partial charge in [-0.3, -0.25) is 0 Å². The number of hydrogen-bond acceptors (Lipinski definition) is 3. The van der Waals surface area contributed by atoms with Gasteiger partial charge in [0, 0.05) is 5.56 Å². The summed E-state index contributed by atoms with van der Waals surface area (Å²) in [6.45, 7) is 4.58. The summed E-state index contributed by atoms with van der Waals surface area (Å²) in [5.74, 6) is 2.18. The molecule has 0 unspecified atom stereocenters. The molecule has 102 valence electrons. The minimum atomic E-state index is 0.393. The number of furan rings is 1. The van der Waals surface area contributed by atoms with Gasteiger partial charge in [0.05, 0.1) is 18.4 Å². The highest BCUT2D eigenvalue weighted by atomic mass is 16.3. The van der Waals surface area contributed by atoms with Crippen LogP contribution in [0.3, 0.4) is 0 Å². The van der Waals surface area contributed by atoms with Crippen molar-refractivity contribution < 1.29 is 4.42 Å². The zero-order chi connectivity index (χ0) is 14.1. The molecule has 0 saturated heterocycles. The molecule has 4 nitrogen and oxygen atoms in total. The van der Waals surface area contributed by atoms with E-state index in [1.807, 2.05) is 18.3 Å². The van der Waals surface area contributed by atoms with Gasteiger partial charge >= 0.3 is 0 Å². The van der Waals surface area contributed by atoms with Crippen LogP contribution in [0.2, 0.25) is 0 Å². The molecule has 3 aromatic rings. The van der Waals surface area contributed by atoms with E-state index in [9.17, 15) is 0 Å². The first-order valence-corrected chi connectivity index (χ1v) is 6.58. The van der Waals surface area contributed by atoms with Crippen LogP contribution >= 0.6 is 0 Å². The maximum Gasteiger partial charge on any atom is 0.173 e. The fourth-order valence-corrected chi connectivity index (χ4v) is 2.34. The third kappa shape index (κ3) is 2.38. The third-order valence-electron chi connectivity index (χ3n) is 3.20. The highest BCUT2D eigenvalue weighted by molar-refractivity contribution is 5.64. The van der Waals surface area contributed by atoms with Crippen LogP contribution in [0.5, 0.6) is 0 Å². The molecule has 0 spiro atoms. The quantitative estimate of drug-likeness (QED) is 0.764. The number of nitrogens with zero attached hydrogens (tertiary/aromatic N) is 1. The Hall–Kier alpha value is -2.33. The van der Waals surface area contributed by atoms with Crippen molar-refractivity contribution >= 4 is 0 Å². The first-order chi connectivity index (χ1) is 9.65. The molecule has 0 bridgehead atoms. The normalized spacial score (nSPS) is 10.9. The van der Waals surface area contributed by atoms with E-state index in [0.717, 1.165) is 22.8 Å². The third-order valence-corrected chi connectivity index (χ3v) is 3.20. The number of nitrogens with two attached hydrogens (primary N) is 1. The van der Waals surface area contributed by atoms with E-state index in [1.165, 1.54) is 11.1 Å². The highest BCUT2D eigenvalue weighted by Crippen LogP contribution is 2.25. The number of benzene rings is 1. The zero-order valence-corrected chi connectivity index (χ0v) is 11.6. The number of nitrogens with one attached hydrogen (secondary N) is 1. The summed E-state index contributed by atoms with van der Waals surface area (Å²) in [5.41, 5.74) is 10.1. The van der Waals surface area contributed by atoms with E-state index >= 15 is 0 Å². The van der Waals surface area contributed by atoms with Gasteiger partial charge in [0.15, 0.2) is 11.6 Å². The van der Waals surface area contributed by atoms with E-state index in [2.05, 4.69) is 42.0 Å². The molecule has 1 aromatic carbocycles. The maximum atomic E-state index is 5.60. The fourth-order valence-electron chi connectivity index (χ4n) is 2.34. The van der Waals surface area contributed by atoms with Gasteiger partial charge in [-0.2, -0.15) is 0 Å². The summed E-state index contributed by atoms with van der Waals surface area (Å²) in [6, 6.07) is 10.2. The van der Waals surface area contributed by atoms with Crippen molar-refractivity contribution in [2.45, 2.75) is 20.4 Å². The number of rotatable bonds is 3. The summed E-state index contributed by atoms with van der Waals surface area (Å²) in [6.07, 6.45) is 1.83. The summed E-state index contributed by atoms with van der Waals surface area (Å²) in [5, 5.41) is 0. The number of aromatic nitrogens is 2. The summed E-state index contributed by atoms with van der Waals surface area (Å²) >= 11 is 0. The number of aryl methyl sites for hydroxylation is 2. The lowest BCUT2D eigenvalue weighted by atomic mass is 10.1. The minimum absolute atomic E-state index is 0.393. The molecule has 4 heteroatoms. The van der Waals surface area contributed by atoms with E-state index in [1.54, 1.807) is 0 Å². The predicted molar refractivity (Wildman–Crippen MR) is 79.1 cm³/mol. The second-order valence-electron chi connectivity index (χ2n) is 4.99. The Morgan fingerprint density at radius 3 is 2.55 bits per heavy atom. The van der Waals surface area contributed by atoms with Gasteiger partial charge in [-0.15, -0.1) is 0 Å². The standard InChI is InChI=1S/C16H17N3O/c1-10-5-11(2)7-12(6-10)14-9-18-16(19-14)15-4-3-13(8-17)20-15/h3-7,9H,8,17H2,1-2H3,(H,18,19). The van der Waals surface area contributed by atoms with Gasteiger partial charge in [-0.05, 0) is 38.1 Å². The second kappa shape index (κ2) is 4.98. The fraction of sp³-hybridized carbons (Fsp3) is 0.188. The van der Waals surface area contributed by atoms with Crippen molar-refractivity contribution in [2.75, 3.05) is 0 Å². The lowest BCUT2D eigenvalue weighted by Gasteiger charge is -2.02. The lowest BCUT2D eigenvalue weighted by Crippen LogP contribution is -1.92. The van der Waals surface area contributed by atoms with Gasteiger partial charge in [0.25, 0.3) is 0 Å². The Balaban J connectivity index is 1.97. The zero-order valence-electron chi connectivity index (χ0n) is 11.6. The van der Waals surface area contributed by atoms with Crippen molar-refractivity contribution in [1.29, 1.82) is 0 Å². The summed E-state index contributed by atoms with van der Waals surface area (Å²) in [4.78, 5) is 7.67. The van der Waals surface area contributed by atoms with Crippen molar-refractivity contribution in [1.82, 2.24) is 9.97 Å². The molecule has 0 saturated carbocycles. The van der Waals surface area contributed by atoms with Gasteiger partial charge in [0.1, 0.15) is 5.76 Å². The molecular formula is C16H17N3O. The Labute approximate surface area is 117 Å². The maximum absolute atomic E-state index is 5.60. The molecule has 0 aliphatic heterocycles. The molecule has 0 aliphatic rings.